The highest BCUT2D eigenvalue weighted by Gasteiger charge is 2.51. The first-order valence-corrected chi connectivity index (χ1v) is 20.9. The summed E-state index contributed by atoms with van der Waals surface area (Å²) >= 11 is 0. The zero-order chi connectivity index (χ0) is 42.4. The van der Waals surface area contributed by atoms with Gasteiger partial charge in [0.15, 0.2) is 12.6 Å². The van der Waals surface area contributed by atoms with E-state index in [0.717, 1.165) is 5.56 Å². The number of aliphatic hydroxyl groups is 3. The third-order valence-corrected chi connectivity index (χ3v) is 12.7. The number of hydrogen-bond donors (Lipinski definition) is 4. The molecule has 0 unspecified atom stereocenters. The van der Waals surface area contributed by atoms with Crippen LogP contribution in [0.4, 0.5) is 0 Å². The number of esters is 1. The van der Waals surface area contributed by atoms with Crippen LogP contribution in [-0.4, -0.2) is 158 Å². The van der Waals surface area contributed by atoms with Crippen LogP contribution in [-0.2, 0) is 44.6 Å². The number of nitrogens with zero attached hydrogens (tertiary/aromatic N) is 2. The number of methoxy groups -OCH3 is 1. The minimum absolute atomic E-state index is 0.0143. The lowest BCUT2D eigenvalue weighted by Gasteiger charge is -2.49. The molecule has 14 nitrogen and oxygen atoms in total. The molecule has 3 fully saturated rings. The first-order chi connectivity index (χ1) is 26.7. The van der Waals surface area contributed by atoms with E-state index in [4.69, 9.17) is 38.9 Å². The molecule has 3 saturated heterocycles. The SMILES string of the molecule is CO[C@]1(C)C[C@H](O[C@H]2[C@H](C)[C@@H](O[C@@H]3O[C@H](C)C[C@H](N(C)C)[C@H]3O)[C@@](C)(O)C[C@@H](C)[C@H](N)[C@H](C)CN(C)C[C@H](COCc3ccccc3)OC(=O)[C@@H]2C)O[C@@H](C)[C@@H]1O. The van der Waals surface area contributed by atoms with Crippen molar-refractivity contribution in [2.45, 2.75) is 160 Å². The van der Waals surface area contributed by atoms with Crippen LogP contribution < -0.4 is 5.73 Å². The Balaban J connectivity index is 1.76. The summed E-state index contributed by atoms with van der Waals surface area (Å²) < 4.78 is 44.3. The zero-order valence-electron chi connectivity index (χ0n) is 36.6. The summed E-state index contributed by atoms with van der Waals surface area (Å²) in [4.78, 5) is 18.5. The Hall–Kier alpha value is -1.79. The maximum Gasteiger partial charge on any atom is 0.311 e. The van der Waals surface area contributed by atoms with Gasteiger partial charge in [0.2, 0.25) is 0 Å². The predicted molar refractivity (Wildman–Crippen MR) is 216 cm³/mol. The molecule has 14 heteroatoms. The highest BCUT2D eigenvalue weighted by atomic mass is 16.7. The second kappa shape index (κ2) is 20.7. The lowest BCUT2D eigenvalue weighted by Crippen LogP contribution is -2.60. The van der Waals surface area contributed by atoms with E-state index in [-0.39, 0.29) is 49.5 Å². The maximum atomic E-state index is 14.5. The third kappa shape index (κ3) is 12.4. The molecule has 0 aliphatic carbocycles. The van der Waals surface area contributed by atoms with Crippen LogP contribution in [0.1, 0.15) is 80.2 Å². The van der Waals surface area contributed by atoms with Gasteiger partial charge in [-0.2, -0.15) is 0 Å². The van der Waals surface area contributed by atoms with Gasteiger partial charge in [0, 0.05) is 44.6 Å². The smallest absolute Gasteiger partial charge is 0.311 e. The van der Waals surface area contributed by atoms with E-state index in [1.165, 1.54) is 7.11 Å². The number of carbonyl (C=O) groups excluding carboxylic acids is 1. The largest absolute Gasteiger partial charge is 0.458 e. The zero-order valence-corrected chi connectivity index (χ0v) is 36.6. The van der Waals surface area contributed by atoms with Crippen molar-refractivity contribution in [3.63, 3.8) is 0 Å². The van der Waals surface area contributed by atoms with E-state index in [1.807, 2.05) is 77.1 Å². The normalized spacial score (nSPS) is 43.6. The molecule has 3 heterocycles. The molecule has 0 radical (unpaired) electrons. The molecule has 1 aromatic carbocycles. The van der Waals surface area contributed by atoms with Gasteiger partial charge < -0.3 is 64.0 Å². The van der Waals surface area contributed by atoms with Gasteiger partial charge in [-0.25, -0.2) is 0 Å². The number of aliphatic hydroxyl groups excluding tert-OH is 2. The standard InChI is InChI=1S/C43H75N3O11/c1-25-19-42(7,50)39(57-41-36(47)33(45(9)10)18-27(3)53-41)28(4)37(56-34-20-43(8,51-12)38(48)30(6)54-34)29(5)40(49)55-32(22-46(11)21-26(2)35(25)44)24-52-23-31-16-14-13-15-17-31/h13-17,25-30,32-39,41,47-48,50H,18-24,44H2,1-12H3/t25-,26-,27-,28+,29-,30+,32-,33+,34+,35+,36-,37+,38+,39-,41+,42+,43-/m1/s1. The van der Waals surface area contributed by atoms with Crippen molar-refractivity contribution in [2.24, 2.45) is 29.4 Å². The number of benzene rings is 1. The Morgan fingerprint density at radius 3 is 2.26 bits per heavy atom. The second-order valence-corrected chi connectivity index (χ2v) is 18.2. The van der Waals surface area contributed by atoms with Crippen LogP contribution in [0.5, 0.6) is 0 Å². The summed E-state index contributed by atoms with van der Waals surface area (Å²) in [6.07, 6.45) is -6.45. The van der Waals surface area contributed by atoms with E-state index >= 15 is 0 Å². The third-order valence-electron chi connectivity index (χ3n) is 12.7. The number of nitrogens with two attached hydrogens (primary N) is 1. The fourth-order valence-electron chi connectivity index (χ4n) is 9.19. The second-order valence-electron chi connectivity index (χ2n) is 18.2. The van der Waals surface area contributed by atoms with Gasteiger partial charge in [-0.3, -0.25) is 4.79 Å². The highest BCUT2D eigenvalue weighted by molar-refractivity contribution is 5.73. The number of likely N-dealkylation sites (N-methyl/N-ethyl adjacent to an activating group) is 2. The van der Waals surface area contributed by atoms with Gasteiger partial charge in [-0.05, 0) is 86.0 Å². The number of carbonyl (C=O) groups is 1. The minimum atomic E-state index is -1.55. The monoisotopic (exact) mass is 810 g/mol. The predicted octanol–water partition coefficient (Wildman–Crippen LogP) is 3.17. The van der Waals surface area contributed by atoms with E-state index < -0.39 is 78.2 Å². The Kier molecular flexibility index (Phi) is 17.3. The summed E-state index contributed by atoms with van der Waals surface area (Å²) in [7, 11) is 7.32. The van der Waals surface area contributed by atoms with Gasteiger partial charge in [-0.1, -0.05) is 51.1 Å². The molecule has 3 aliphatic rings. The van der Waals surface area contributed by atoms with Gasteiger partial charge >= 0.3 is 5.97 Å². The lowest BCUT2D eigenvalue weighted by molar-refractivity contribution is -0.318. The molecular weight excluding hydrogens is 734 g/mol. The molecule has 0 bridgehead atoms. The number of cyclic esters (lactones) is 1. The van der Waals surface area contributed by atoms with Gasteiger partial charge in [0.05, 0.1) is 54.7 Å². The average molecular weight is 810 g/mol. The molecule has 0 aromatic heterocycles. The van der Waals surface area contributed by atoms with Crippen molar-refractivity contribution in [3.8, 4) is 0 Å². The van der Waals surface area contributed by atoms with Gasteiger partial charge in [0.1, 0.15) is 18.3 Å². The molecule has 4 rings (SSSR count). The molecule has 0 amide bonds. The van der Waals surface area contributed by atoms with Crippen molar-refractivity contribution in [2.75, 3.05) is 47.9 Å². The van der Waals surface area contributed by atoms with Crippen LogP contribution in [0.2, 0.25) is 0 Å². The summed E-state index contributed by atoms with van der Waals surface area (Å²) in [5.74, 6) is -2.29. The van der Waals surface area contributed by atoms with Gasteiger partial charge in [-0.15, -0.1) is 0 Å². The van der Waals surface area contributed by atoms with Crippen molar-refractivity contribution in [1.82, 2.24) is 9.80 Å². The molecule has 3 aliphatic heterocycles. The fourth-order valence-corrected chi connectivity index (χ4v) is 9.19. The molecule has 328 valence electrons. The highest BCUT2D eigenvalue weighted by Crippen LogP contribution is 2.40. The van der Waals surface area contributed by atoms with E-state index in [0.29, 0.717) is 26.1 Å². The molecule has 57 heavy (non-hydrogen) atoms. The van der Waals surface area contributed by atoms with Crippen LogP contribution in [0, 0.1) is 23.7 Å². The van der Waals surface area contributed by atoms with Crippen LogP contribution in [0.3, 0.4) is 0 Å². The summed E-state index contributed by atoms with van der Waals surface area (Å²) in [5, 5.41) is 35.3. The average Bonchev–Trinajstić information content (AvgIpc) is 3.14. The quantitative estimate of drug-likeness (QED) is 0.254. The van der Waals surface area contributed by atoms with E-state index in [2.05, 4.69) is 11.8 Å². The van der Waals surface area contributed by atoms with Crippen LogP contribution in [0.15, 0.2) is 30.3 Å². The molecule has 0 saturated carbocycles. The molecule has 1 aromatic rings. The first-order valence-electron chi connectivity index (χ1n) is 20.9. The molecule has 5 N–H and O–H groups in total. The van der Waals surface area contributed by atoms with Crippen LogP contribution >= 0.6 is 0 Å². The molecular formula is C43H75N3O11. The van der Waals surface area contributed by atoms with Crippen molar-refractivity contribution < 1.29 is 53.3 Å². The summed E-state index contributed by atoms with van der Waals surface area (Å²) in [5.41, 5.74) is 5.41. The Bertz CT molecular complexity index is 1370. The van der Waals surface area contributed by atoms with Crippen molar-refractivity contribution >= 4 is 5.97 Å². The van der Waals surface area contributed by atoms with E-state index in [1.54, 1.807) is 27.7 Å². The van der Waals surface area contributed by atoms with Crippen molar-refractivity contribution in [3.05, 3.63) is 35.9 Å². The topological polar surface area (TPSA) is 175 Å². The lowest BCUT2D eigenvalue weighted by atomic mass is 9.75. The van der Waals surface area contributed by atoms with Crippen LogP contribution in [0.25, 0.3) is 0 Å². The van der Waals surface area contributed by atoms with E-state index in [9.17, 15) is 20.1 Å². The minimum Gasteiger partial charge on any atom is -0.458 e. The van der Waals surface area contributed by atoms with Crippen molar-refractivity contribution in [1.29, 1.82) is 0 Å². The summed E-state index contributed by atoms with van der Waals surface area (Å²) in [6.45, 7) is 16.5. The summed E-state index contributed by atoms with van der Waals surface area (Å²) in [6, 6.07) is 9.26. The Morgan fingerprint density at radius 1 is 0.965 bits per heavy atom. The van der Waals surface area contributed by atoms with Gasteiger partial charge in [0.25, 0.3) is 0 Å². The Labute approximate surface area is 341 Å². The fraction of sp³-hybridized carbons (Fsp3) is 0.837. The maximum absolute atomic E-state index is 14.5. The Morgan fingerprint density at radius 2 is 1.63 bits per heavy atom. The number of ether oxygens (including phenoxy) is 7. The first kappa shape index (κ1) is 47.9. The number of hydrogen-bond acceptors (Lipinski definition) is 14. The molecule has 0 spiro atoms. The number of rotatable bonds is 10. The molecule has 17 atom stereocenters.